The lowest BCUT2D eigenvalue weighted by Crippen LogP contribution is -2.38. The van der Waals surface area contributed by atoms with Crippen LogP contribution in [0.4, 0.5) is 5.69 Å². The Balaban J connectivity index is 1.72. The SMILES string of the molecule is COc1cccc(NC(=O)CNC2CCC(SC)CC2)c1. The van der Waals surface area contributed by atoms with Crippen molar-refractivity contribution in [1.29, 1.82) is 0 Å². The van der Waals surface area contributed by atoms with Crippen molar-refractivity contribution in [3.05, 3.63) is 24.3 Å². The van der Waals surface area contributed by atoms with Gasteiger partial charge in [-0.05, 0) is 44.1 Å². The van der Waals surface area contributed by atoms with Gasteiger partial charge in [-0.25, -0.2) is 0 Å². The second-order valence-corrected chi connectivity index (χ2v) is 6.51. The predicted molar refractivity (Wildman–Crippen MR) is 89.2 cm³/mol. The molecule has 0 atom stereocenters. The molecule has 116 valence electrons. The molecule has 0 unspecified atom stereocenters. The van der Waals surface area contributed by atoms with Crippen molar-refractivity contribution in [2.75, 3.05) is 25.2 Å². The molecule has 4 nitrogen and oxygen atoms in total. The summed E-state index contributed by atoms with van der Waals surface area (Å²) in [5, 5.41) is 7.05. The molecule has 2 rings (SSSR count). The van der Waals surface area contributed by atoms with Gasteiger partial charge in [0.05, 0.1) is 13.7 Å². The smallest absolute Gasteiger partial charge is 0.238 e. The molecule has 5 heteroatoms. The van der Waals surface area contributed by atoms with Crippen molar-refractivity contribution in [3.8, 4) is 5.75 Å². The number of thioether (sulfide) groups is 1. The normalized spacial score (nSPS) is 21.8. The van der Waals surface area contributed by atoms with E-state index in [-0.39, 0.29) is 5.91 Å². The maximum atomic E-state index is 12.0. The number of hydrogen-bond acceptors (Lipinski definition) is 4. The number of methoxy groups -OCH3 is 1. The van der Waals surface area contributed by atoms with Crippen molar-refractivity contribution in [2.45, 2.75) is 37.0 Å². The van der Waals surface area contributed by atoms with Gasteiger partial charge in [-0.2, -0.15) is 11.8 Å². The molecule has 0 radical (unpaired) electrons. The first-order chi connectivity index (χ1) is 10.2. The van der Waals surface area contributed by atoms with E-state index in [9.17, 15) is 4.79 Å². The number of rotatable bonds is 6. The highest BCUT2D eigenvalue weighted by Gasteiger charge is 2.20. The highest BCUT2D eigenvalue weighted by Crippen LogP contribution is 2.26. The molecule has 21 heavy (non-hydrogen) atoms. The first kappa shape index (κ1) is 16.2. The van der Waals surface area contributed by atoms with Crippen molar-refractivity contribution in [1.82, 2.24) is 5.32 Å². The van der Waals surface area contributed by atoms with Crippen LogP contribution < -0.4 is 15.4 Å². The lowest BCUT2D eigenvalue weighted by molar-refractivity contribution is -0.115. The number of benzene rings is 1. The fourth-order valence-corrected chi connectivity index (χ4v) is 3.39. The summed E-state index contributed by atoms with van der Waals surface area (Å²) < 4.78 is 5.14. The van der Waals surface area contributed by atoms with Crippen LogP contribution in [0.5, 0.6) is 5.75 Å². The number of carbonyl (C=O) groups is 1. The topological polar surface area (TPSA) is 50.4 Å². The fourth-order valence-electron chi connectivity index (χ4n) is 2.65. The van der Waals surface area contributed by atoms with Gasteiger partial charge in [0.1, 0.15) is 5.75 Å². The van der Waals surface area contributed by atoms with Crippen molar-refractivity contribution >= 4 is 23.4 Å². The van der Waals surface area contributed by atoms with Gasteiger partial charge < -0.3 is 15.4 Å². The lowest BCUT2D eigenvalue weighted by atomic mass is 9.95. The Labute approximate surface area is 131 Å². The fraction of sp³-hybridized carbons (Fsp3) is 0.562. The molecule has 2 N–H and O–H groups in total. The monoisotopic (exact) mass is 308 g/mol. The van der Waals surface area contributed by atoms with E-state index in [2.05, 4.69) is 16.9 Å². The highest BCUT2D eigenvalue weighted by molar-refractivity contribution is 7.99. The summed E-state index contributed by atoms with van der Waals surface area (Å²) in [5.41, 5.74) is 0.771. The van der Waals surface area contributed by atoms with Crippen LogP contribution in [0.25, 0.3) is 0 Å². The molecule has 1 aromatic rings. The standard InChI is InChI=1S/C16H24N2O2S/c1-20-14-5-3-4-13(10-14)18-16(19)11-17-12-6-8-15(21-2)9-7-12/h3-5,10,12,15,17H,6-9,11H2,1-2H3,(H,18,19). The molecule has 0 spiro atoms. The molecule has 1 saturated carbocycles. The Morgan fingerprint density at radius 2 is 2.10 bits per heavy atom. The maximum Gasteiger partial charge on any atom is 0.238 e. The molecule has 0 bridgehead atoms. The Kier molecular flexibility index (Phi) is 6.39. The predicted octanol–water partition coefficient (Wildman–Crippen LogP) is 2.90. The van der Waals surface area contributed by atoms with E-state index in [1.165, 1.54) is 12.8 Å². The molecule has 1 amide bonds. The van der Waals surface area contributed by atoms with Crippen LogP contribution in [0.2, 0.25) is 0 Å². The molecular weight excluding hydrogens is 284 g/mol. The van der Waals surface area contributed by atoms with Gasteiger partial charge in [0, 0.05) is 23.0 Å². The summed E-state index contributed by atoms with van der Waals surface area (Å²) in [6.07, 6.45) is 7.00. The number of ether oxygens (including phenoxy) is 1. The Morgan fingerprint density at radius 3 is 2.76 bits per heavy atom. The van der Waals surface area contributed by atoms with Crippen molar-refractivity contribution in [2.24, 2.45) is 0 Å². The Hall–Kier alpha value is -1.20. The van der Waals surface area contributed by atoms with Gasteiger partial charge >= 0.3 is 0 Å². The minimum absolute atomic E-state index is 0.00440. The van der Waals surface area contributed by atoms with E-state index in [1.807, 2.05) is 36.0 Å². The van der Waals surface area contributed by atoms with Crippen LogP contribution in [0.3, 0.4) is 0 Å². The number of amides is 1. The van der Waals surface area contributed by atoms with Gasteiger partial charge in [-0.1, -0.05) is 6.07 Å². The number of hydrogen-bond donors (Lipinski definition) is 2. The van der Waals surface area contributed by atoms with E-state index < -0.39 is 0 Å². The molecule has 1 aliphatic rings. The summed E-state index contributed by atoms with van der Waals surface area (Å²) in [6, 6.07) is 7.89. The third-order valence-electron chi connectivity index (χ3n) is 3.91. The first-order valence-electron chi connectivity index (χ1n) is 7.41. The Morgan fingerprint density at radius 1 is 1.33 bits per heavy atom. The molecule has 0 aromatic heterocycles. The molecule has 1 aromatic carbocycles. The van der Waals surface area contributed by atoms with Gasteiger partial charge in [-0.15, -0.1) is 0 Å². The van der Waals surface area contributed by atoms with Crippen LogP contribution in [0.1, 0.15) is 25.7 Å². The highest BCUT2D eigenvalue weighted by atomic mass is 32.2. The van der Waals surface area contributed by atoms with Gasteiger partial charge in [0.2, 0.25) is 5.91 Å². The minimum atomic E-state index is -0.00440. The summed E-state index contributed by atoms with van der Waals surface area (Å²) in [6.45, 7) is 0.367. The van der Waals surface area contributed by atoms with Gasteiger partial charge in [0.15, 0.2) is 0 Å². The zero-order valence-corrected chi connectivity index (χ0v) is 13.5. The minimum Gasteiger partial charge on any atom is -0.497 e. The van der Waals surface area contributed by atoms with E-state index in [0.29, 0.717) is 12.6 Å². The van der Waals surface area contributed by atoms with Gasteiger partial charge in [0.25, 0.3) is 0 Å². The summed E-state index contributed by atoms with van der Waals surface area (Å²) in [7, 11) is 1.62. The van der Waals surface area contributed by atoms with E-state index >= 15 is 0 Å². The van der Waals surface area contributed by atoms with Crippen LogP contribution >= 0.6 is 11.8 Å². The molecular formula is C16H24N2O2S. The molecule has 1 fully saturated rings. The number of carbonyl (C=O) groups excluding carboxylic acids is 1. The summed E-state index contributed by atoms with van der Waals surface area (Å²) in [4.78, 5) is 12.0. The van der Waals surface area contributed by atoms with Crippen LogP contribution in [0.15, 0.2) is 24.3 Å². The van der Waals surface area contributed by atoms with E-state index in [1.54, 1.807) is 7.11 Å². The first-order valence-corrected chi connectivity index (χ1v) is 8.70. The lowest BCUT2D eigenvalue weighted by Gasteiger charge is -2.27. The molecule has 1 aliphatic carbocycles. The van der Waals surface area contributed by atoms with Crippen LogP contribution in [0, 0.1) is 0 Å². The average Bonchev–Trinajstić information content (AvgIpc) is 2.53. The second-order valence-electron chi connectivity index (χ2n) is 5.37. The molecule has 0 aliphatic heterocycles. The van der Waals surface area contributed by atoms with Crippen molar-refractivity contribution in [3.63, 3.8) is 0 Å². The van der Waals surface area contributed by atoms with Crippen molar-refractivity contribution < 1.29 is 9.53 Å². The third kappa shape index (κ3) is 5.25. The van der Waals surface area contributed by atoms with Crippen LogP contribution in [-0.2, 0) is 4.79 Å². The molecule has 0 saturated heterocycles. The third-order valence-corrected chi connectivity index (χ3v) is 5.05. The largest absolute Gasteiger partial charge is 0.497 e. The number of nitrogens with one attached hydrogen (secondary N) is 2. The Bertz CT molecular complexity index is 459. The van der Waals surface area contributed by atoms with E-state index in [4.69, 9.17) is 4.74 Å². The molecule has 0 heterocycles. The average molecular weight is 308 g/mol. The quantitative estimate of drug-likeness (QED) is 0.848. The van der Waals surface area contributed by atoms with Gasteiger partial charge in [-0.3, -0.25) is 4.79 Å². The summed E-state index contributed by atoms with van der Waals surface area (Å²) >= 11 is 1.96. The summed E-state index contributed by atoms with van der Waals surface area (Å²) in [5.74, 6) is 0.742. The van der Waals surface area contributed by atoms with Crippen LogP contribution in [-0.4, -0.2) is 37.1 Å². The number of anilines is 1. The zero-order valence-electron chi connectivity index (χ0n) is 12.7. The second kappa shape index (κ2) is 8.29. The zero-order chi connectivity index (χ0) is 15.1. The maximum absolute atomic E-state index is 12.0. The van der Waals surface area contributed by atoms with E-state index in [0.717, 1.165) is 29.5 Å².